The van der Waals surface area contributed by atoms with Gasteiger partial charge in [-0.15, -0.1) is 0 Å². The zero-order chi connectivity index (χ0) is 20.2. The molecule has 3 aromatic rings. The summed E-state index contributed by atoms with van der Waals surface area (Å²) in [6.07, 6.45) is 0.267. The Balaban J connectivity index is 1.63. The second kappa shape index (κ2) is 8.47. The van der Waals surface area contributed by atoms with Gasteiger partial charge in [0, 0.05) is 41.7 Å². The van der Waals surface area contributed by atoms with Crippen LogP contribution in [0.3, 0.4) is 0 Å². The van der Waals surface area contributed by atoms with Crippen LogP contribution in [0, 0.1) is 0 Å². The highest BCUT2D eigenvalue weighted by Gasteiger charge is 2.29. The van der Waals surface area contributed by atoms with Gasteiger partial charge in [-0.3, -0.25) is 4.79 Å². The Hall–Kier alpha value is -3.15. The molecule has 1 aliphatic rings. The first-order valence-corrected chi connectivity index (χ1v) is 9.57. The molecule has 2 N–H and O–H groups in total. The Labute approximate surface area is 169 Å². The number of ether oxygens (including phenoxy) is 2. The maximum absolute atomic E-state index is 13.1. The minimum absolute atomic E-state index is 0.108. The Morgan fingerprint density at radius 1 is 0.966 bits per heavy atom. The van der Waals surface area contributed by atoms with Gasteiger partial charge in [0.25, 0.3) is 0 Å². The number of aliphatic hydroxyl groups excluding tert-OH is 1. The summed E-state index contributed by atoms with van der Waals surface area (Å²) in [4.78, 5) is 13.1. The normalized spacial score (nSPS) is 12.6. The predicted molar refractivity (Wildman–Crippen MR) is 111 cm³/mol. The predicted octanol–water partition coefficient (Wildman–Crippen LogP) is 4.59. The molecule has 148 valence electrons. The van der Waals surface area contributed by atoms with E-state index in [0.717, 1.165) is 28.2 Å². The van der Waals surface area contributed by atoms with Gasteiger partial charge in [-0.2, -0.15) is 0 Å². The zero-order valence-corrected chi connectivity index (χ0v) is 16.2. The molecule has 5 heteroatoms. The molecule has 0 atom stereocenters. The Morgan fingerprint density at radius 3 is 2.21 bits per heavy atom. The first-order valence-electron chi connectivity index (χ1n) is 9.57. The molecular weight excluding hydrogens is 366 g/mol. The van der Waals surface area contributed by atoms with Crippen LogP contribution in [0.25, 0.3) is 0 Å². The van der Waals surface area contributed by atoms with E-state index in [1.54, 1.807) is 13.2 Å². The van der Waals surface area contributed by atoms with Gasteiger partial charge >= 0.3 is 0 Å². The van der Waals surface area contributed by atoms with Gasteiger partial charge in [0.05, 0.1) is 18.9 Å². The molecule has 0 saturated carbocycles. The molecule has 5 nitrogen and oxygen atoms in total. The quantitative estimate of drug-likeness (QED) is 0.647. The molecule has 29 heavy (non-hydrogen) atoms. The summed E-state index contributed by atoms with van der Waals surface area (Å²) >= 11 is 0. The van der Waals surface area contributed by atoms with Crippen LogP contribution >= 0.6 is 0 Å². The van der Waals surface area contributed by atoms with E-state index in [-0.39, 0.29) is 24.9 Å². The number of rotatable bonds is 6. The monoisotopic (exact) mass is 389 g/mol. The van der Waals surface area contributed by atoms with E-state index >= 15 is 0 Å². The lowest BCUT2D eigenvalue weighted by Crippen LogP contribution is -2.20. The summed E-state index contributed by atoms with van der Waals surface area (Å²) in [6.45, 7) is 0.197. The topological polar surface area (TPSA) is 67.8 Å². The number of nitrogens with one attached hydrogen (secondary N) is 1. The van der Waals surface area contributed by atoms with E-state index in [0.29, 0.717) is 17.9 Å². The number of aliphatic hydroxyl groups is 1. The molecule has 0 unspecified atom stereocenters. The molecule has 0 saturated heterocycles. The average molecular weight is 389 g/mol. The number of para-hydroxylation sites is 3. The maximum Gasteiger partial charge on any atom is 0.225 e. The third-order valence-corrected chi connectivity index (χ3v) is 5.17. The van der Waals surface area contributed by atoms with Crippen molar-refractivity contribution in [3.05, 3.63) is 89.0 Å². The summed E-state index contributed by atoms with van der Waals surface area (Å²) in [7, 11) is 1.60. The van der Waals surface area contributed by atoms with Crippen molar-refractivity contribution in [3.63, 3.8) is 0 Å². The molecule has 0 aliphatic carbocycles. The van der Waals surface area contributed by atoms with Gasteiger partial charge in [0.1, 0.15) is 11.5 Å². The second-order valence-electron chi connectivity index (χ2n) is 7.02. The fourth-order valence-corrected chi connectivity index (χ4v) is 3.83. The van der Waals surface area contributed by atoms with Crippen molar-refractivity contribution in [1.29, 1.82) is 0 Å². The SMILES string of the molecule is COCc1cccc(CO)c1NC(=O)CC1c2ccccc2Oc2ccccc21. The van der Waals surface area contributed by atoms with E-state index in [1.165, 1.54) is 0 Å². The fourth-order valence-electron chi connectivity index (χ4n) is 3.83. The summed E-state index contributed by atoms with van der Waals surface area (Å²) in [6, 6.07) is 21.2. The van der Waals surface area contributed by atoms with Crippen molar-refractivity contribution in [1.82, 2.24) is 0 Å². The molecule has 0 fully saturated rings. The largest absolute Gasteiger partial charge is 0.457 e. The number of fused-ring (bicyclic) bond motifs is 2. The van der Waals surface area contributed by atoms with Crippen molar-refractivity contribution < 1.29 is 19.4 Å². The van der Waals surface area contributed by atoms with Crippen molar-refractivity contribution in [2.24, 2.45) is 0 Å². The highest BCUT2D eigenvalue weighted by atomic mass is 16.5. The lowest BCUT2D eigenvalue weighted by molar-refractivity contribution is -0.116. The third kappa shape index (κ3) is 3.88. The molecule has 1 amide bonds. The number of hydrogen-bond acceptors (Lipinski definition) is 4. The minimum atomic E-state index is -0.157. The number of carbonyl (C=O) groups is 1. The number of carbonyl (C=O) groups excluding carboxylic acids is 1. The smallest absolute Gasteiger partial charge is 0.225 e. The third-order valence-electron chi connectivity index (χ3n) is 5.17. The molecule has 3 aromatic carbocycles. The molecule has 1 aliphatic heterocycles. The second-order valence-corrected chi connectivity index (χ2v) is 7.02. The molecule has 0 radical (unpaired) electrons. The van der Waals surface area contributed by atoms with Crippen molar-refractivity contribution >= 4 is 11.6 Å². The van der Waals surface area contributed by atoms with Crippen LogP contribution in [-0.2, 0) is 22.7 Å². The van der Waals surface area contributed by atoms with Crippen LogP contribution in [-0.4, -0.2) is 18.1 Å². The average Bonchev–Trinajstić information content (AvgIpc) is 2.75. The number of anilines is 1. The summed E-state index contributed by atoms with van der Waals surface area (Å²) in [5.74, 6) is 1.32. The van der Waals surface area contributed by atoms with Crippen LogP contribution in [0.4, 0.5) is 5.69 Å². The molecule has 0 spiro atoms. The number of amides is 1. The molecule has 4 rings (SSSR count). The van der Waals surface area contributed by atoms with E-state index < -0.39 is 0 Å². The van der Waals surface area contributed by atoms with Crippen molar-refractivity contribution in [2.45, 2.75) is 25.6 Å². The molecular formula is C24H23NO4. The standard InChI is InChI=1S/C24H23NO4/c1-28-15-17-8-6-7-16(14-26)24(17)25-23(27)13-20-18-9-2-4-11-21(18)29-22-12-5-3-10-19(20)22/h2-12,20,26H,13-15H2,1H3,(H,25,27). The van der Waals surface area contributed by atoms with Crippen molar-refractivity contribution in [2.75, 3.05) is 12.4 Å². The Kier molecular flexibility index (Phi) is 5.60. The summed E-state index contributed by atoms with van der Waals surface area (Å²) in [5.41, 5.74) is 4.11. The van der Waals surface area contributed by atoms with Gasteiger partial charge in [-0.05, 0) is 12.1 Å². The summed E-state index contributed by atoms with van der Waals surface area (Å²) in [5, 5.41) is 12.7. The highest BCUT2D eigenvalue weighted by Crippen LogP contribution is 2.45. The van der Waals surface area contributed by atoms with E-state index in [9.17, 15) is 9.90 Å². The number of benzene rings is 3. The van der Waals surface area contributed by atoms with Gasteiger partial charge in [-0.1, -0.05) is 54.6 Å². The van der Waals surface area contributed by atoms with Gasteiger partial charge in [0.2, 0.25) is 5.91 Å². The Bertz CT molecular complexity index is 985. The lowest BCUT2D eigenvalue weighted by Gasteiger charge is -2.28. The summed E-state index contributed by atoms with van der Waals surface area (Å²) < 4.78 is 11.3. The number of methoxy groups -OCH3 is 1. The van der Waals surface area contributed by atoms with Crippen LogP contribution in [0.2, 0.25) is 0 Å². The Morgan fingerprint density at radius 2 is 1.59 bits per heavy atom. The van der Waals surface area contributed by atoms with E-state index in [2.05, 4.69) is 5.32 Å². The first kappa shape index (κ1) is 19.2. The van der Waals surface area contributed by atoms with Crippen molar-refractivity contribution in [3.8, 4) is 11.5 Å². The highest BCUT2D eigenvalue weighted by molar-refractivity contribution is 5.93. The molecule has 1 heterocycles. The van der Waals surface area contributed by atoms with Gasteiger partial charge in [-0.25, -0.2) is 0 Å². The lowest BCUT2D eigenvalue weighted by atomic mass is 9.85. The zero-order valence-electron chi connectivity index (χ0n) is 16.2. The first-order chi connectivity index (χ1) is 14.2. The molecule has 0 bridgehead atoms. The number of hydrogen-bond donors (Lipinski definition) is 2. The maximum atomic E-state index is 13.1. The fraction of sp³-hybridized carbons (Fsp3) is 0.208. The minimum Gasteiger partial charge on any atom is -0.457 e. The van der Waals surface area contributed by atoms with Crippen LogP contribution in [0.15, 0.2) is 66.7 Å². The van der Waals surface area contributed by atoms with Crippen LogP contribution < -0.4 is 10.1 Å². The van der Waals surface area contributed by atoms with Crippen LogP contribution in [0.1, 0.15) is 34.6 Å². The van der Waals surface area contributed by atoms with E-state index in [4.69, 9.17) is 9.47 Å². The van der Waals surface area contributed by atoms with Gasteiger partial charge in [0.15, 0.2) is 0 Å². The van der Waals surface area contributed by atoms with Gasteiger partial charge < -0.3 is 19.9 Å². The van der Waals surface area contributed by atoms with Crippen LogP contribution in [0.5, 0.6) is 11.5 Å². The van der Waals surface area contributed by atoms with E-state index in [1.807, 2.05) is 60.7 Å². The molecule has 0 aromatic heterocycles.